The fourth-order valence-electron chi connectivity index (χ4n) is 1.46. The highest BCUT2D eigenvalue weighted by Crippen LogP contribution is 2.21. The van der Waals surface area contributed by atoms with Crippen LogP contribution in [0.15, 0.2) is 30.5 Å². The van der Waals surface area contributed by atoms with Crippen molar-refractivity contribution in [2.24, 2.45) is 0 Å². The molecule has 2 aromatic rings. The standard InChI is InChI=1S/C12H11ClN2O/c1-8-5-6-15(14-8)12-4-3-10(9(2)16)7-11(12)13/h3-7H,1-2H3. The van der Waals surface area contributed by atoms with Gasteiger partial charge in [-0.1, -0.05) is 11.6 Å². The molecule has 0 amide bonds. The Morgan fingerprint density at radius 1 is 1.38 bits per heavy atom. The molecule has 0 aliphatic carbocycles. The lowest BCUT2D eigenvalue weighted by atomic mass is 10.1. The predicted molar refractivity (Wildman–Crippen MR) is 63.3 cm³/mol. The molecule has 1 aromatic heterocycles. The maximum Gasteiger partial charge on any atom is 0.159 e. The van der Waals surface area contributed by atoms with Crippen molar-refractivity contribution in [2.45, 2.75) is 13.8 Å². The summed E-state index contributed by atoms with van der Waals surface area (Å²) in [5, 5.41) is 4.79. The molecule has 0 fully saturated rings. The molecular weight excluding hydrogens is 224 g/mol. The SMILES string of the molecule is CC(=O)c1ccc(-n2ccc(C)n2)c(Cl)c1. The number of ketones is 1. The Morgan fingerprint density at radius 2 is 2.12 bits per heavy atom. The highest BCUT2D eigenvalue weighted by molar-refractivity contribution is 6.32. The summed E-state index contributed by atoms with van der Waals surface area (Å²) in [6.07, 6.45) is 1.84. The van der Waals surface area contributed by atoms with E-state index < -0.39 is 0 Å². The molecule has 2 rings (SSSR count). The first-order chi connectivity index (χ1) is 7.58. The van der Waals surface area contributed by atoms with E-state index in [-0.39, 0.29) is 5.78 Å². The molecule has 4 heteroatoms. The second kappa shape index (κ2) is 4.10. The second-order valence-electron chi connectivity index (χ2n) is 3.62. The molecule has 0 unspecified atom stereocenters. The predicted octanol–water partition coefficient (Wildman–Crippen LogP) is 3.04. The molecule has 0 aliphatic rings. The monoisotopic (exact) mass is 234 g/mol. The molecule has 0 bridgehead atoms. The number of nitrogens with zero attached hydrogens (tertiary/aromatic N) is 2. The Bertz CT molecular complexity index is 546. The number of carbonyl (C=O) groups is 1. The third-order valence-electron chi connectivity index (χ3n) is 2.32. The van der Waals surface area contributed by atoms with Gasteiger partial charge in [0.05, 0.1) is 16.4 Å². The van der Waals surface area contributed by atoms with Gasteiger partial charge in [-0.2, -0.15) is 5.10 Å². The number of halogens is 1. The number of aromatic nitrogens is 2. The average Bonchev–Trinajstić information content (AvgIpc) is 2.64. The highest BCUT2D eigenvalue weighted by Gasteiger charge is 2.07. The topological polar surface area (TPSA) is 34.9 Å². The summed E-state index contributed by atoms with van der Waals surface area (Å²) in [6, 6.07) is 7.11. The van der Waals surface area contributed by atoms with Crippen molar-refractivity contribution in [1.29, 1.82) is 0 Å². The highest BCUT2D eigenvalue weighted by atomic mass is 35.5. The van der Waals surface area contributed by atoms with Crippen LogP contribution in [-0.2, 0) is 0 Å². The van der Waals surface area contributed by atoms with Crippen LogP contribution in [0.1, 0.15) is 23.0 Å². The minimum atomic E-state index is 0.00472. The molecule has 0 radical (unpaired) electrons. The van der Waals surface area contributed by atoms with E-state index in [0.29, 0.717) is 10.6 Å². The van der Waals surface area contributed by atoms with Crippen LogP contribution in [0.2, 0.25) is 5.02 Å². The minimum Gasteiger partial charge on any atom is -0.295 e. The van der Waals surface area contributed by atoms with E-state index >= 15 is 0 Å². The number of rotatable bonds is 2. The van der Waals surface area contributed by atoms with Crippen molar-refractivity contribution in [3.63, 3.8) is 0 Å². The van der Waals surface area contributed by atoms with Crippen LogP contribution in [0.3, 0.4) is 0 Å². The van der Waals surface area contributed by atoms with Crippen molar-refractivity contribution in [3.05, 3.63) is 46.7 Å². The maximum atomic E-state index is 11.2. The van der Waals surface area contributed by atoms with Crippen LogP contribution in [0, 0.1) is 6.92 Å². The van der Waals surface area contributed by atoms with Gasteiger partial charge in [-0.05, 0) is 38.1 Å². The third kappa shape index (κ3) is 1.99. The zero-order valence-electron chi connectivity index (χ0n) is 9.07. The van der Waals surface area contributed by atoms with Gasteiger partial charge in [-0.3, -0.25) is 4.79 Å². The van der Waals surface area contributed by atoms with Gasteiger partial charge in [0.25, 0.3) is 0 Å². The Kier molecular flexibility index (Phi) is 2.79. The van der Waals surface area contributed by atoms with Gasteiger partial charge in [0, 0.05) is 11.8 Å². The number of hydrogen-bond acceptors (Lipinski definition) is 2. The van der Waals surface area contributed by atoms with Crippen LogP contribution >= 0.6 is 11.6 Å². The maximum absolute atomic E-state index is 11.2. The summed E-state index contributed by atoms with van der Waals surface area (Å²) in [5.41, 5.74) is 2.31. The van der Waals surface area contributed by atoms with Crippen LogP contribution in [0.4, 0.5) is 0 Å². The minimum absolute atomic E-state index is 0.00472. The Morgan fingerprint density at radius 3 is 2.62 bits per heavy atom. The number of hydrogen-bond donors (Lipinski definition) is 0. The van der Waals surface area contributed by atoms with Crippen molar-refractivity contribution >= 4 is 17.4 Å². The Balaban J connectivity index is 2.47. The zero-order valence-corrected chi connectivity index (χ0v) is 9.82. The molecule has 1 heterocycles. The molecule has 82 valence electrons. The van der Waals surface area contributed by atoms with Crippen LogP contribution < -0.4 is 0 Å². The van der Waals surface area contributed by atoms with E-state index in [0.717, 1.165) is 11.4 Å². The largest absolute Gasteiger partial charge is 0.295 e. The molecule has 0 saturated heterocycles. The van der Waals surface area contributed by atoms with E-state index in [2.05, 4.69) is 5.10 Å². The van der Waals surface area contributed by atoms with E-state index in [1.54, 1.807) is 22.9 Å². The van der Waals surface area contributed by atoms with Gasteiger partial charge in [0.2, 0.25) is 0 Å². The second-order valence-corrected chi connectivity index (χ2v) is 4.03. The quantitative estimate of drug-likeness (QED) is 0.749. The average molecular weight is 235 g/mol. The van der Waals surface area contributed by atoms with Gasteiger partial charge >= 0.3 is 0 Å². The number of carbonyl (C=O) groups excluding carboxylic acids is 1. The molecular formula is C12H11ClN2O. The molecule has 3 nitrogen and oxygen atoms in total. The van der Waals surface area contributed by atoms with Gasteiger partial charge in [0.15, 0.2) is 5.78 Å². The summed E-state index contributed by atoms with van der Waals surface area (Å²) in [4.78, 5) is 11.2. The van der Waals surface area contributed by atoms with E-state index in [1.165, 1.54) is 6.92 Å². The summed E-state index contributed by atoms with van der Waals surface area (Å²) >= 11 is 6.10. The first-order valence-electron chi connectivity index (χ1n) is 4.91. The normalized spacial score (nSPS) is 10.4. The molecule has 0 saturated carbocycles. The van der Waals surface area contributed by atoms with Gasteiger partial charge in [-0.25, -0.2) is 4.68 Å². The lowest BCUT2D eigenvalue weighted by molar-refractivity contribution is 0.101. The molecule has 0 aliphatic heterocycles. The van der Waals surface area contributed by atoms with Gasteiger partial charge in [-0.15, -0.1) is 0 Å². The smallest absolute Gasteiger partial charge is 0.159 e. The van der Waals surface area contributed by atoms with Crippen LogP contribution in [0.25, 0.3) is 5.69 Å². The van der Waals surface area contributed by atoms with E-state index in [9.17, 15) is 4.79 Å². The lowest BCUT2D eigenvalue weighted by Crippen LogP contribution is -1.98. The van der Waals surface area contributed by atoms with E-state index in [1.807, 2.05) is 19.2 Å². The summed E-state index contributed by atoms with van der Waals surface area (Å²) in [6.45, 7) is 3.43. The van der Waals surface area contributed by atoms with Crippen molar-refractivity contribution in [3.8, 4) is 5.69 Å². The molecule has 0 N–H and O–H groups in total. The summed E-state index contributed by atoms with van der Waals surface area (Å²) in [7, 11) is 0. The Labute approximate surface area is 98.7 Å². The number of aryl methyl sites for hydroxylation is 1. The summed E-state index contributed by atoms with van der Waals surface area (Å²) < 4.78 is 1.70. The van der Waals surface area contributed by atoms with Crippen molar-refractivity contribution in [1.82, 2.24) is 9.78 Å². The third-order valence-corrected chi connectivity index (χ3v) is 2.63. The number of benzene rings is 1. The molecule has 0 spiro atoms. The lowest BCUT2D eigenvalue weighted by Gasteiger charge is -2.05. The van der Waals surface area contributed by atoms with Crippen molar-refractivity contribution in [2.75, 3.05) is 0 Å². The fourth-order valence-corrected chi connectivity index (χ4v) is 1.73. The molecule has 16 heavy (non-hydrogen) atoms. The summed E-state index contributed by atoms with van der Waals surface area (Å²) in [5.74, 6) is 0.00472. The van der Waals surface area contributed by atoms with Gasteiger partial charge in [0.1, 0.15) is 0 Å². The van der Waals surface area contributed by atoms with Gasteiger partial charge < -0.3 is 0 Å². The van der Waals surface area contributed by atoms with Crippen molar-refractivity contribution < 1.29 is 4.79 Å². The zero-order chi connectivity index (χ0) is 11.7. The van der Waals surface area contributed by atoms with Crippen LogP contribution in [0.5, 0.6) is 0 Å². The Hall–Kier alpha value is -1.61. The number of Topliss-reactive ketones (excluding diaryl/α,β-unsaturated/α-hetero) is 1. The fraction of sp³-hybridized carbons (Fsp3) is 0.167. The first kappa shape index (κ1) is 10.9. The van der Waals surface area contributed by atoms with Crippen LogP contribution in [-0.4, -0.2) is 15.6 Å². The molecule has 1 aromatic carbocycles. The van der Waals surface area contributed by atoms with E-state index in [4.69, 9.17) is 11.6 Å². The molecule has 0 atom stereocenters. The first-order valence-corrected chi connectivity index (χ1v) is 5.29.